The molecule has 0 aromatic heterocycles. The van der Waals surface area contributed by atoms with E-state index in [1.165, 1.54) is 13.8 Å². The lowest BCUT2D eigenvalue weighted by atomic mass is 9.84. The Morgan fingerprint density at radius 2 is 1.49 bits per heavy atom. The van der Waals surface area contributed by atoms with Crippen LogP contribution in [0.15, 0.2) is 108 Å². The fourth-order valence-corrected chi connectivity index (χ4v) is 6.27. The van der Waals surface area contributed by atoms with Crippen LogP contribution in [-0.4, -0.2) is 40.1 Å². The third-order valence-electron chi connectivity index (χ3n) is 7.65. The molecular weight excluding hydrogens is 590 g/mol. The smallest absolute Gasteiger partial charge is 0.303 e. The molecular formula is C36H37NO7S. The number of carbonyl (C=O) groups is 2. The van der Waals surface area contributed by atoms with E-state index in [-0.39, 0.29) is 42.9 Å². The second-order valence-electron chi connectivity index (χ2n) is 10.9. The largest absolute Gasteiger partial charge is 0.508 e. The number of esters is 1. The van der Waals surface area contributed by atoms with E-state index < -0.39 is 18.4 Å². The van der Waals surface area contributed by atoms with Crippen LogP contribution in [0.25, 0.3) is 0 Å². The van der Waals surface area contributed by atoms with Crippen LogP contribution in [-0.2, 0) is 37.0 Å². The Balaban J connectivity index is 1.41. The second-order valence-corrected chi connectivity index (χ2v) is 12.0. The molecule has 45 heavy (non-hydrogen) atoms. The van der Waals surface area contributed by atoms with E-state index in [2.05, 4.69) is 17.4 Å². The molecule has 1 amide bonds. The minimum atomic E-state index is -0.872. The van der Waals surface area contributed by atoms with E-state index >= 15 is 0 Å². The van der Waals surface area contributed by atoms with Crippen LogP contribution in [0, 0.1) is 0 Å². The number of hydrogen-bond acceptors (Lipinski definition) is 8. The monoisotopic (exact) mass is 627 g/mol. The van der Waals surface area contributed by atoms with Gasteiger partial charge in [-0.15, -0.1) is 11.8 Å². The molecule has 1 heterocycles. The van der Waals surface area contributed by atoms with E-state index in [1.807, 2.05) is 78.9 Å². The van der Waals surface area contributed by atoms with Crippen LogP contribution < -0.4 is 5.32 Å². The number of phenolic OH excluding ortho intramolecular Hbond substituents is 1. The number of ether oxygens (including phenoxy) is 3. The van der Waals surface area contributed by atoms with Gasteiger partial charge in [0.2, 0.25) is 0 Å². The summed E-state index contributed by atoms with van der Waals surface area (Å²) in [4.78, 5) is 24.5. The van der Waals surface area contributed by atoms with Crippen molar-refractivity contribution in [1.82, 2.24) is 5.32 Å². The fraction of sp³-hybridized carbons (Fsp3) is 0.278. The lowest BCUT2D eigenvalue weighted by Gasteiger charge is -2.43. The normalized spacial score (nSPS) is 20.2. The average molecular weight is 628 g/mol. The van der Waals surface area contributed by atoms with E-state index in [1.54, 1.807) is 23.9 Å². The number of hydrogen-bond donors (Lipinski definition) is 3. The van der Waals surface area contributed by atoms with Gasteiger partial charge in [0, 0.05) is 35.6 Å². The van der Waals surface area contributed by atoms with Crippen molar-refractivity contribution in [2.45, 2.75) is 62.4 Å². The summed E-state index contributed by atoms with van der Waals surface area (Å²) in [6, 6.07) is 32.9. The highest BCUT2D eigenvalue weighted by Gasteiger charge is 2.41. The van der Waals surface area contributed by atoms with Crippen molar-refractivity contribution in [1.29, 1.82) is 0 Å². The second kappa shape index (κ2) is 15.2. The summed E-state index contributed by atoms with van der Waals surface area (Å²) in [6.45, 7) is 3.04. The number of aromatic hydroxyl groups is 1. The third kappa shape index (κ3) is 8.52. The molecule has 1 fully saturated rings. The number of benzene rings is 4. The summed E-state index contributed by atoms with van der Waals surface area (Å²) in [5, 5.41) is 22.2. The topological polar surface area (TPSA) is 114 Å². The molecule has 1 saturated heterocycles. The van der Waals surface area contributed by atoms with Gasteiger partial charge in [0.25, 0.3) is 5.91 Å². The zero-order chi connectivity index (χ0) is 31.8. The molecule has 1 aliphatic heterocycles. The molecule has 5 atom stereocenters. The minimum Gasteiger partial charge on any atom is -0.508 e. The highest BCUT2D eigenvalue weighted by Crippen LogP contribution is 2.48. The quantitative estimate of drug-likeness (QED) is 0.133. The van der Waals surface area contributed by atoms with E-state index in [0.717, 1.165) is 32.7 Å². The molecule has 4 aromatic carbocycles. The van der Waals surface area contributed by atoms with E-state index in [0.29, 0.717) is 5.75 Å². The SMILES string of the molecule is CC(=O)O[C@@H](C)C(=O)NCc1ccc(C2O[C@H](CSc3ccc(O)cc3)[C@@H](c3ccccc3)[C@H](c3ccc(CO)cc3)O2)cc1. The van der Waals surface area contributed by atoms with Gasteiger partial charge >= 0.3 is 5.97 Å². The zero-order valence-corrected chi connectivity index (χ0v) is 26.0. The highest BCUT2D eigenvalue weighted by atomic mass is 32.2. The van der Waals surface area contributed by atoms with Gasteiger partial charge in [-0.2, -0.15) is 0 Å². The highest BCUT2D eigenvalue weighted by molar-refractivity contribution is 7.99. The maximum atomic E-state index is 12.3. The molecule has 5 rings (SSSR count). The first kappa shape index (κ1) is 32.2. The third-order valence-corrected chi connectivity index (χ3v) is 8.75. The van der Waals surface area contributed by atoms with Gasteiger partial charge in [-0.1, -0.05) is 78.9 Å². The number of rotatable bonds is 11. The molecule has 1 unspecified atom stereocenters. The Labute approximate surface area is 267 Å². The predicted octanol–water partition coefficient (Wildman–Crippen LogP) is 6.18. The molecule has 0 aliphatic carbocycles. The Morgan fingerprint density at radius 3 is 2.13 bits per heavy atom. The van der Waals surface area contributed by atoms with Gasteiger partial charge in [-0.3, -0.25) is 9.59 Å². The Bertz CT molecular complexity index is 1550. The summed E-state index contributed by atoms with van der Waals surface area (Å²) in [5.41, 5.74) is 4.60. The van der Waals surface area contributed by atoms with Gasteiger partial charge in [0.15, 0.2) is 12.4 Å². The number of aliphatic hydroxyl groups excluding tert-OH is 1. The number of phenols is 1. The summed E-state index contributed by atoms with van der Waals surface area (Å²) in [5.74, 6) is -0.145. The van der Waals surface area contributed by atoms with E-state index in [4.69, 9.17) is 14.2 Å². The average Bonchev–Trinajstić information content (AvgIpc) is 3.07. The van der Waals surface area contributed by atoms with Crippen LogP contribution in [0.1, 0.15) is 60.0 Å². The number of thioether (sulfide) groups is 1. The van der Waals surface area contributed by atoms with Crippen molar-refractivity contribution in [3.8, 4) is 5.75 Å². The van der Waals surface area contributed by atoms with Crippen molar-refractivity contribution in [2.24, 2.45) is 0 Å². The van der Waals surface area contributed by atoms with Crippen molar-refractivity contribution in [3.63, 3.8) is 0 Å². The fourth-order valence-electron chi connectivity index (χ4n) is 5.30. The lowest BCUT2D eigenvalue weighted by Crippen LogP contribution is -2.38. The molecule has 4 aromatic rings. The molecule has 0 saturated carbocycles. The molecule has 1 aliphatic rings. The minimum absolute atomic E-state index is 0.0407. The maximum absolute atomic E-state index is 12.3. The van der Waals surface area contributed by atoms with Crippen molar-refractivity contribution in [3.05, 3.63) is 131 Å². The molecule has 3 N–H and O–H groups in total. The van der Waals surface area contributed by atoms with Crippen LogP contribution >= 0.6 is 11.8 Å². The molecule has 234 valence electrons. The summed E-state index contributed by atoms with van der Waals surface area (Å²) < 4.78 is 18.4. The first-order valence-electron chi connectivity index (χ1n) is 14.8. The molecule has 8 nitrogen and oxygen atoms in total. The number of carbonyl (C=O) groups excluding carboxylic acids is 2. The van der Waals surface area contributed by atoms with Crippen molar-refractivity contribution in [2.75, 3.05) is 5.75 Å². The van der Waals surface area contributed by atoms with Crippen LogP contribution in [0.5, 0.6) is 5.75 Å². The Hall–Kier alpha value is -4.15. The molecule has 9 heteroatoms. The van der Waals surface area contributed by atoms with Crippen molar-refractivity contribution < 1.29 is 34.0 Å². The van der Waals surface area contributed by atoms with Gasteiger partial charge < -0.3 is 29.7 Å². The lowest BCUT2D eigenvalue weighted by molar-refractivity contribution is -0.255. The van der Waals surface area contributed by atoms with Gasteiger partial charge in [0.05, 0.1) is 18.8 Å². The Morgan fingerprint density at radius 1 is 0.844 bits per heavy atom. The van der Waals surface area contributed by atoms with Gasteiger partial charge in [-0.05, 0) is 53.4 Å². The van der Waals surface area contributed by atoms with Crippen LogP contribution in [0.2, 0.25) is 0 Å². The molecule has 0 spiro atoms. The van der Waals surface area contributed by atoms with Crippen LogP contribution in [0.4, 0.5) is 0 Å². The first-order chi connectivity index (χ1) is 21.8. The standard InChI is InChI=1S/C36H37NO7S/c1-23(42-24(2)39)35(41)37-20-25-8-14-29(15-9-25)36-43-32(22-45-31-18-16-30(40)17-19-31)33(27-6-4-3-5-7-27)34(44-36)28-12-10-26(21-38)11-13-28/h3-19,23,32-34,36,38,40H,20-22H2,1-2H3,(H,37,41)/t23-,32+,33+,34-,36?/m0/s1. The molecule has 0 bridgehead atoms. The maximum Gasteiger partial charge on any atom is 0.303 e. The Kier molecular flexibility index (Phi) is 10.9. The zero-order valence-electron chi connectivity index (χ0n) is 25.2. The van der Waals surface area contributed by atoms with E-state index in [9.17, 15) is 19.8 Å². The summed E-state index contributed by atoms with van der Waals surface area (Å²) in [6.07, 6.45) is -2.12. The van der Waals surface area contributed by atoms with Crippen molar-refractivity contribution >= 4 is 23.6 Å². The molecule has 0 radical (unpaired) electrons. The predicted molar refractivity (Wildman–Crippen MR) is 171 cm³/mol. The summed E-state index contributed by atoms with van der Waals surface area (Å²) in [7, 11) is 0. The number of nitrogens with one attached hydrogen (secondary N) is 1. The first-order valence-corrected chi connectivity index (χ1v) is 15.8. The number of amides is 1. The number of aliphatic hydroxyl groups is 1. The summed E-state index contributed by atoms with van der Waals surface area (Å²) >= 11 is 1.66. The van der Waals surface area contributed by atoms with Gasteiger partial charge in [-0.25, -0.2) is 0 Å². The van der Waals surface area contributed by atoms with Gasteiger partial charge in [0.1, 0.15) is 5.75 Å². The van der Waals surface area contributed by atoms with Crippen LogP contribution in [0.3, 0.4) is 0 Å².